The number of aliphatic hydroxyl groups is 1. The smallest absolute Gasteiger partial charge is 0.251 e. The molecule has 1 fully saturated rings. The van der Waals surface area contributed by atoms with Crippen LogP contribution in [-0.2, 0) is 30.8 Å². The highest BCUT2D eigenvalue weighted by atomic mass is 16.3. The van der Waals surface area contributed by atoms with E-state index in [2.05, 4.69) is 24.4 Å². The van der Waals surface area contributed by atoms with Crippen molar-refractivity contribution in [3.05, 3.63) is 70.3 Å². The Bertz CT molecular complexity index is 941. The van der Waals surface area contributed by atoms with Gasteiger partial charge in [-0.2, -0.15) is 0 Å². The first-order valence-corrected chi connectivity index (χ1v) is 10.8. The summed E-state index contributed by atoms with van der Waals surface area (Å²) in [6.07, 6.45) is 3.22. The summed E-state index contributed by atoms with van der Waals surface area (Å²) in [5.74, 6) is 0.00303. The van der Waals surface area contributed by atoms with E-state index in [0.717, 1.165) is 29.5 Å². The van der Waals surface area contributed by atoms with E-state index in [0.29, 0.717) is 38.0 Å². The van der Waals surface area contributed by atoms with E-state index in [4.69, 9.17) is 0 Å². The second-order valence-corrected chi connectivity index (χ2v) is 9.03. The summed E-state index contributed by atoms with van der Waals surface area (Å²) in [5, 5.41) is 12.9. The lowest BCUT2D eigenvalue weighted by Gasteiger charge is -2.41. The van der Waals surface area contributed by atoms with Crippen LogP contribution in [0.15, 0.2) is 42.5 Å². The van der Waals surface area contributed by atoms with E-state index >= 15 is 0 Å². The molecule has 1 aliphatic carbocycles. The third-order valence-electron chi connectivity index (χ3n) is 6.23. The van der Waals surface area contributed by atoms with E-state index in [-0.39, 0.29) is 17.7 Å². The molecule has 2 aromatic carbocycles. The molecule has 0 bridgehead atoms. The number of carbonyl (C=O) groups is 2. The third kappa shape index (κ3) is 4.41. The Hall–Kier alpha value is -2.66. The summed E-state index contributed by atoms with van der Waals surface area (Å²) in [6, 6.07) is 14.0. The van der Waals surface area contributed by atoms with Gasteiger partial charge in [-0.1, -0.05) is 43.7 Å². The minimum absolute atomic E-state index is 0.0585. The number of benzene rings is 2. The molecular weight excluding hydrogens is 376 g/mol. The summed E-state index contributed by atoms with van der Waals surface area (Å²) in [5.41, 5.74) is 4.57. The summed E-state index contributed by atoms with van der Waals surface area (Å²) in [6.45, 7) is 5.62. The van der Waals surface area contributed by atoms with E-state index in [9.17, 15) is 14.7 Å². The van der Waals surface area contributed by atoms with Crippen molar-refractivity contribution in [2.75, 3.05) is 0 Å². The van der Waals surface area contributed by atoms with Crippen molar-refractivity contribution in [3.63, 3.8) is 0 Å². The lowest BCUT2D eigenvalue weighted by molar-refractivity contribution is -0.150. The van der Waals surface area contributed by atoms with Crippen LogP contribution in [0.4, 0.5) is 0 Å². The van der Waals surface area contributed by atoms with Crippen molar-refractivity contribution >= 4 is 11.8 Å². The Labute approximate surface area is 178 Å². The molecule has 1 heterocycles. The summed E-state index contributed by atoms with van der Waals surface area (Å²) >= 11 is 0. The molecule has 4 rings (SSSR count). The Morgan fingerprint density at radius 2 is 1.73 bits per heavy atom. The van der Waals surface area contributed by atoms with Crippen LogP contribution in [-0.4, -0.2) is 27.4 Å². The van der Waals surface area contributed by atoms with Crippen LogP contribution in [0.2, 0.25) is 0 Å². The fourth-order valence-corrected chi connectivity index (χ4v) is 4.54. The second-order valence-electron chi connectivity index (χ2n) is 9.03. The summed E-state index contributed by atoms with van der Waals surface area (Å²) in [7, 11) is 0. The lowest BCUT2D eigenvalue weighted by Crippen LogP contribution is -2.48. The molecule has 5 nitrogen and oxygen atoms in total. The van der Waals surface area contributed by atoms with Crippen molar-refractivity contribution in [2.24, 2.45) is 5.92 Å². The number of fused-ring (bicyclic) bond motifs is 1. The van der Waals surface area contributed by atoms with Gasteiger partial charge in [0.15, 0.2) is 0 Å². The Morgan fingerprint density at radius 3 is 2.40 bits per heavy atom. The molecule has 0 radical (unpaired) electrons. The SMILES string of the molecule is CCCc1ccc(C(=O)NCc2ccc3c(c2)CN(C(=O)C2CC(C)(O)C2)C3)cc1. The van der Waals surface area contributed by atoms with Crippen molar-refractivity contribution in [2.45, 2.75) is 64.8 Å². The molecule has 158 valence electrons. The van der Waals surface area contributed by atoms with E-state index in [1.54, 1.807) is 6.92 Å². The fraction of sp³-hybridized carbons (Fsp3) is 0.440. The Kier molecular flexibility index (Phi) is 5.65. The minimum atomic E-state index is -0.686. The maximum atomic E-state index is 12.7. The molecule has 0 saturated heterocycles. The molecule has 0 spiro atoms. The normalized spacial score (nSPS) is 22.4. The largest absolute Gasteiger partial charge is 0.390 e. The molecule has 5 heteroatoms. The highest BCUT2D eigenvalue weighted by Gasteiger charge is 2.44. The van der Waals surface area contributed by atoms with Crippen molar-refractivity contribution in [1.29, 1.82) is 0 Å². The number of rotatable bonds is 6. The van der Waals surface area contributed by atoms with Crippen molar-refractivity contribution in [3.8, 4) is 0 Å². The number of hydrogen-bond acceptors (Lipinski definition) is 3. The predicted octanol–water partition coefficient (Wildman–Crippen LogP) is 3.57. The van der Waals surface area contributed by atoms with Crippen molar-refractivity contribution < 1.29 is 14.7 Å². The second kappa shape index (κ2) is 8.23. The van der Waals surface area contributed by atoms with Crippen LogP contribution in [0.1, 0.15) is 65.7 Å². The average Bonchev–Trinajstić information content (AvgIpc) is 3.14. The lowest BCUT2D eigenvalue weighted by atomic mass is 9.71. The quantitative estimate of drug-likeness (QED) is 0.771. The molecule has 2 aliphatic rings. The number of amides is 2. The first-order valence-electron chi connectivity index (χ1n) is 10.8. The van der Waals surface area contributed by atoms with E-state index in [1.807, 2.05) is 35.2 Å². The van der Waals surface area contributed by atoms with Crippen molar-refractivity contribution in [1.82, 2.24) is 10.2 Å². The van der Waals surface area contributed by atoms with Crippen LogP contribution < -0.4 is 5.32 Å². The molecule has 1 saturated carbocycles. The van der Waals surface area contributed by atoms with Gasteiger partial charge < -0.3 is 15.3 Å². The summed E-state index contributed by atoms with van der Waals surface area (Å²) in [4.78, 5) is 27.0. The highest BCUT2D eigenvalue weighted by molar-refractivity contribution is 5.94. The molecule has 0 unspecified atom stereocenters. The molecule has 30 heavy (non-hydrogen) atoms. The maximum absolute atomic E-state index is 12.7. The van der Waals surface area contributed by atoms with Gasteiger partial charge in [0.2, 0.25) is 5.91 Å². The van der Waals surface area contributed by atoms with Gasteiger partial charge in [0.25, 0.3) is 5.91 Å². The van der Waals surface area contributed by atoms with Gasteiger partial charge >= 0.3 is 0 Å². The average molecular weight is 407 g/mol. The monoisotopic (exact) mass is 406 g/mol. The van der Waals surface area contributed by atoms with Gasteiger partial charge in [0, 0.05) is 31.1 Å². The number of aryl methyl sites for hydroxylation is 1. The Balaban J connectivity index is 1.32. The van der Waals surface area contributed by atoms with E-state index in [1.165, 1.54) is 5.56 Å². The highest BCUT2D eigenvalue weighted by Crippen LogP contribution is 2.39. The zero-order chi connectivity index (χ0) is 21.3. The maximum Gasteiger partial charge on any atom is 0.251 e. The van der Waals surface area contributed by atoms with Gasteiger partial charge in [0.05, 0.1) is 5.60 Å². The fourth-order valence-electron chi connectivity index (χ4n) is 4.54. The Morgan fingerprint density at radius 1 is 1.07 bits per heavy atom. The number of nitrogens with one attached hydrogen (secondary N) is 1. The molecule has 0 atom stereocenters. The molecule has 2 amide bonds. The molecular formula is C25H30N2O3. The van der Waals surface area contributed by atoms with E-state index < -0.39 is 5.60 Å². The molecule has 2 N–H and O–H groups in total. The number of hydrogen-bond donors (Lipinski definition) is 2. The molecule has 0 aromatic heterocycles. The number of carbonyl (C=O) groups excluding carboxylic acids is 2. The van der Waals surface area contributed by atoms with Gasteiger partial charge in [0.1, 0.15) is 0 Å². The van der Waals surface area contributed by atoms with Crippen LogP contribution >= 0.6 is 0 Å². The molecule has 2 aromatic rings. The van der Waals surface area contributed by atoms with Crippen LogP contribution in [0.3, 0.4) is 0 Å². The minimum Gasteiger partial charge on any atom is -0.390 e. The zero-order valence-electron chi connectivity index (χ0n) is 17.8. The van der Waals surface area contributed by atoms with Crippen LogP contribution in [0.5, 0.6) is 0 Å². The van der Waals surface area contributed by atoms with Crippen LogP contribution in [0.25, 0.3) is 0 Å². The standard InChI is InChI=1S/C25H30N2O3/c1-3-4-17-5-8-19(9-6-17)23(28)26-14-18-7-10-20-15-27(16-21(20)11-18)24(29)22-12-25(2,30)13-22/h5-11,22,30H,3-4,12-16H2,1-2H3,(H,26,28). The predicted molar refractivity (Wildman–Crippen MR) is 116 cm³/mol. The first-order chi connectivity index (χ1) is 14.3. The van der Waals surface area contributed by atoms with Crippen LogP contribution in [0, 0.1) is 5.92 Å². The van der Waals surface area contributed by atoms with Gasteiger partial charge in [-0.25, -0.2) is 0 Å². The van der Waals surface area contributed by atoms with Gasteiger partial charge in [-0.05, 0) is 60.6 Å². The summed E-state index contributed by atoms with van der Waals surface area (Å²) < 4.78 is 0. The van der Waals surface area contributed by atoms with Gasteiger partial charge in [-0.15, -0.1) is 0 Å². The molecule has 1 aliphatic heterocycles. The zero-order valence-corrected chi connectivity index (χ0v) is 17.8. The first kappa shape index (κ1) is 20.6. The topological polar surface area (TPSA) is 69.6 Å². The van der Waals surface area contributed by atoms with Gasteiger partial charge in [-0.3, -0.25) is 9.59 Å². The third-order valence-corrected chi connectivity index (χ3v) is 6.23. The number of nitrogens with zero attached hydrogens (tertiary/aromatic N) is 1.